The molecular formula is C22H29N3O2. The minimum Gasteiger partial charge on any atom is -0.455 e. The van der Waals surface area contributed by atoms with Crippen molar-refractivity contribution in [1.29, 1.82) is 0 Å². The zero-order chi connectivity index (χ0) is 20.2. The van der Waals surface area contributed by atoms with Crippen LogP contribution in [0, 0.1) is 0 Å². The lowest BCUT2D eigenvalue weighted by Crippen LogP contribution is -2.36. The number of amides is 1. The van der Waals surface area contributed by atoms with Crippen LogP contribution >= 0.6 is 0 Å². The lowest BCUT2D eigenvalue weighted by atomic mass is 10.1. The summed E-state index contributed by atoms with van der Waals surface area (Å²) < 4.78 is 5.72. The van der Waals surface area contributed by atoms with E-state index in [-0.39, 0.29) is 5.91 Å². The van der Waals surface area contributed by atoms with E-state index in [9.17, 15) is 4.79 Å². The molecule has 0 fully saturated rings. The Hall–Kier alpha value is -3.05. The standard InChI is InChI=1S/C20H23N3O2.C2H6/c1-3-5-9-16(4-2)23(22)20(24)15-12-13-19(18(21)14-15)25-17-10-7-6-8-11-17;1-2/h3-8,10-14H,9,21-22H2,1-2H3;1-2H3/b5-3-,16-4+;. The molecule has 0 radical (unpaired) electrons. The van der Waals surface area contributed by atoms with Gasteiger partial charge in [0.2, 0.25) is 0 Å². The van der Waals surface area contributed by atoms with Gasteiger partial charge >= 0.3 is 0 Å². The number of benzene rings is 2. The second-order valence-electron chi connectivity index (χ2n) is 5.40. The van der Waals surface area contributed by atoms with Crippen molar-refractivity contribution in [3.05, 3.63) is 78.0 Å². The first-order chi connectivity index (χ1) is 13.1. The number of carbonyl (C=O) groups is 1. The van der Waals surface area contributed by atoms with Crippen LogP contribution in [0.2, 0.25) is 0 Å². The molecule has 0 atom stereocenters. The molecular weight excluding hydrogens is 338 g/mol. The van der Waals surface area contributed by atoms with Gasteiger partial charge in [-0.2, -0.15) is 0 Å². The molecule has 5 nitrogen and oxygen atoms in total. The van der Waals surface area contributed by atoms with Gasteiger partial charge in [-0.3, -0.25) is 4.79 Å². The van der Waals surface area contributed by atoms with Crippen LogP contribution in [0.1, 0.15) is 44.5 Å². The molecule has 0 spiro atoms. The Morgan fingerprint density at radius 2 is 1.78 bits per heavy atom. The van der Waals surface area contributed by atoms with Crippen LogP contribution < -0.4 is 16.3 Å². The Morgan fingerprint density at radius 1 is 1.11 bits per heavy atom. The fraction of sp³-hybridized carbons (Fsp3) is 0.227. The van der Waals surface area contributed by atoms with E-state index in [0.717, 1.165) is 5.01 Å². The van der Waals surface area contributed by atoms with Gasteiger partial charge in [0.05, 0.1) is 5.69 Å². The van der Waals surface area contributed by atoms with E-state index in [2.05, 4.69) is 0 Å². The Bertz CT molecular complexity index is 783. The molecule has 0 aliphatic heterocycles. The summed E-state index contributed by atoms with van der Waals surface area (Å²) in [6.07, 6.45) is 6.25. The summed E-state index contributed by atoms with van der Waals surface area (Å²) >= 11 is 0. The number of ether oxygens (including phenoxy) is 1. The van der Waals surface area contributed by atoms with E-state index in [4.69, 9.17) is 16.3 Å². The molecule has 0 saturated heterocycles. The van der Waals surface area contributed by atoms with Crippen molar-refractivity contribution in [2.24, 2.45) is 5.84 Å². The Kier molecular flexibility index (Phi) is 9.40. The first kappa shape index (κ1) is 22.0. The van der Waals surface area contributed by atoms with Gasteiger partial charge in [-0.25, -0.2) is 10.9 Å². The SMILES string of the molecule is C/C=C\C/C(=C\C)N(N)C(=O)c1ccc(Oc2ccccc2)c(N)c1.CC. The van der Waals surface area contributed by atoms with Crippen molar-refractivity contribution in [3.63, 3.8) is 0 Å². The van der Waals surface area contributed by atoms with E-state index in [1.165, 1.54) is 0 Å². The van der Waals surface area contributed by atoms with Crippen LogP contribution in [-0.2, 0) is 0 Å². The third-order valence-corrected chi connectivity index (χ3v) is 3.65. The molecule has 0 aliphatic carbocycles. The lowest BCUT2D eigenvalue weighted by Gasteiger charge is -2.19. The van der Waals surface area contributed by atoms with E-state index in [0.29, 0.717) is 34.9 Å². The fourth-order valence-electron chi connectivity index (χ4n) is 2.25. The zero-order valence-electron chi connectivity index (χ0n) is 16.5. The molecule has 0 aliphatic rings. The molecule has 0 saturated carbocycles. The van der Waals surface area contributed by atoms with Crippen molar-refractivity contribution in [2.75, 3.05) is 5.73 Å². The number of rotatable bonds is 6. The molecule has 2 aromatic carbocycles. The normalized spacial score (nSPS) is 10.9. The summed E-state index contributed by atoms with van der Waals surface area (Å²) in [7, 11) is 0. The quantitative estimate of drug-likeness (QED) is 0.239. The van der Waals surface area contributed by atoms with Gasteiger partial charge in [0.1, 0.15) is 11.5 Å². The molecule has 144 valence electrons. The Labute approximate surface area is 161 Å². The third kappa shape index (κ3) is 6.31. The Balaban J connectivity index is 0.00000176. The van der Waals surface area contributed by atoms with Gasteiger partial charge < -0.3 is 10.5 Å². The third-order valence-electron chi connectivity index (χ3n) is 3.65. The van der Waals surface area contributed by atoms with Gasteiger partial charge in [-0.1, -0.05) is 50.3 Å². The van der Waals surface area contributed by atoms with Gasteiger partial charge in [-0.05, 0) is 44.2 Å². The van der Waals surface area contributed by atoms with E-state index in [1.807, 2.05) is 76.3 Å². The highest BCUT2D eigenvalue weighted by atomic mass is 16.5. The maximum atomic E-state index is 12.6. The van der Waals surface area contributed by atoms with Crippen LogP contribution in [0.5, 0.6) is 11.5 Å². The van der Waals surface area contributed by atoms with E-state index in [1.54, 1.807) is 18.2 Å². The molecule has 5 heteroatoms. The molecule has 0 unspecified atom stereocenters. The second kappa shape index (κ2) is 11.5. The average molecular weight is 367 g/mol. The molecule has 2 rings (SSSR count). The van der Waals surface area contributed by atoms with Gasteiger partial charge in [-0.15, -0.1) is 0 Å². The number of allylic oxidation sites excluding steroid dienone is 3. The zero-order valence-corrected chi connectivity index (χ0v) is 16.5. The molecule has 0 heterocycles. The van der Waals surface area contributed by atoms with E-state index < -0.39 is 0 Å². The number of nitrogen functional groups attached to an aromatic ring is 1. The number of para-hydroxylation sites is 1. The summed E-state index contributed by atoms with van der Waals surface area (Å²) in [6.45, 7) is 7.76. The number of carbonyl (C=O) groups excluding carboxylic acids is 1. The van der Waals surface area contributed by atoms with Crippen LogP contribution in [0.25, 0.3) is 0 Å². The minimum atomic E-state index is -0.324. The maximum Gasteiger partial charge on any atom is 0.272 e. The highest BCUT2D eigenvalue weighted by Gasteiger charge is 2.17. The molecule has 2 aromatic rings. The number of hydrogen-bond donors (Lipinski definition) is 2. The van der Waals surface area contributed by atoms with Crippen molar-refractivity contribution in [2.45, 2.75) is 34.1 Å². The molecule has 1 amide bonds. The highest BCUT2D eigenvalue weighted by Crippen LogP contribution is 2.28. The smallest absolute Gasteiger partial charge is 0.272 e. The number of hydrazine groups is 1. The van der Waals surface area contributed by atoms with Gasteiger partial charge in [0.25, 0.3) is 5.91 Å². The van der Waals surface area contributed by atoms with Crippen LogP contribution in [-0.4, -0.2) is 10.9 Å². The number of anilines is 1. The first-order valence-corrected chi connectivity index (χ1v) is 9.04. The molecule has 0 bridgehead atoms. The summed E-state index contributed by atoms with van der Waals surface area (Å²) in [5.74, 6) is 6.81. The van der Waals surface area contributed by atoms with E-state index >= 15 is 0 Å². The van der Waals surface area contributed by atoms with Crippen LogP contribution in [0.4, 0.5) is 5.69 Å². The topological polar surface area (TPSA) is 81.6 Å². The molecule has 4 N–H and O–H groups in total. The molecule has 0 aromatic heterocycles. The van der Waals surface area contributed by atoms with Crippen molar-refractivity contribution < 1.29 is 9.53 Å². The van der Waals surface area contributed by atoms with Crippen LogP contribution in [0.15, 0.2) is 72.5 Å². The summed E-state index contributed by atoms with van der Waals surface area (Å²) in [6, 6.07) is 14.2. The monoisotopic (exact) mass is 367 g/mol. The summed E-state index contributed by atoms with van der Waals surface area (Å²) in [5.41, 5.74) is 7.52. The summed E-state index contributed by atoms with van der Waals surface area (Å²) in [5, 5.41) is 1.15. The highest BCUT2D eigenvalue weighted by molar-refractivity contribution is 5.96. The van der Waals surface area contributed by atoms with Crippen molar-refractivity contribution >= 4 is 11.6 Å². The number of hydrogen-bond acceptors (Lipinski definition) is 4. The summed E-state index contributed by atoms with van der Waals surface area (Å²) in [4.78, 5) is 12.6. The predicted octanol–water partition coefficient (Wildman–Crippen LogP) is 5.27. The van der Waals surface area contributed by atoms with Crippen LogP contribution in [0.3, 0.4) is 0 Å². The molecule has 27 heavy (non-hydrogen) atoms. The minimum absolute atomic E-state index is 0.324. The average Bonchev–Trinajstić information content (AvgIpc) is 2.71. The second-order valence-corrected chi connectivity index (χ2v) is 5.40. The maximum absolute atomic E-state index is 12.6. The number of nitrogens with two attached hydrogens (primary N) is 2. The van der Waals surface area contributed by atoms with Crippen molar-refractivity contribution in [1.82, 2.24) is 5.01 Å². The van der Waals surface area contributed by atoms with Crippen molar-refractivity contribution in [3.8, 4) is 11.5 Å². The lowest BCUT2D eigenvalue weighted by molar-refractivity contribution is 0.0802. The van der Waals surface area contributed by atoms with Gasteiger partial charge in [0.15, 0.2) is 0 Å². The number of nitrogens with zero attached hydrogens (tertiary/aromatic N) is 1. The van der Waals surface area contributed by atoms with Gasteiger partial charge in [0, 0.05) is 17.7 Å². The Morgan fingerprint density at radius 3 is 2.33 bits per heavy atom. The largest absolute Gasteiger partial charge is 0.455 e. The fourth-order valence-corrected chi connectivity index (χ4v) is 2.25. The predicted molar refractivity (Wildman–Crippen MR) is 112 cm³/mol. The first-order valence-electron chi connectivity index (χ1n) is 9.04.